The third kappa shape index (κ3) is 2.73. The quantitative estimate of drug-likeness (QED) is 0.771. The summed E-state index contributed by atoms with van der Waals surface area (Å²) in [6.07, 6.45) is 0. The van der Waals surface area contributed by atoms with E-state index in [2.05, 4.69) is 4.98 Å². The van der Waals surface area contributed by atoms with E-state index in [0.29, 0.717) is 6.61 Å². The van der Waals surface area contributed by atoms with Crippen LogP contribution in [0.1, 0.15) is 5.69 Å². The van der Waals surface area contributed by atoms with Gasteiger partial charge in [0.2, 0.25) is 0 Å². The third-order valence-corrected chi connectivity index (χ3v) is 3.31. The Hall–Kier alpha value is -2.13. The Kier molecular flexibility index (Phi) is 3.52. The van der Waals surface area contributed by atoms with E-state index in [1.807, 2.05) is 48.5 Å². The molecule has 0 unspecified atom stereocenters. The van der Waals surface area contributed by atoms with Crippen LogP contribution in [-0.2, 0) is 6.61 Å². The molecule has 3 nitrogen and oxygen atoms in total. The van der Waals surface area contributed by atoms with Gasteiger partial charge in [-0.3, -0.25) is 0 Å². The molecule has 0 aliphatic carbocycles. The first-order valence-electron chi connectivity index (χ1n) is 6.28. The lowest BCUT2D eigenvalue weighted by Crippen LogP contribution is -1.95. The van der Waals surface area contributed by atoms with Crippen LogP contribution in [0.3, 0.4) is 0 Å². The average Bonchev–Trinajstić information content (AvgIpc) is 2.87. The van der Waals surface area contributed by atoms with Gasteiger partial charge < -0.3 is 14.5 Å². The molecule has 0 saturated heterocycles. The van der Waals surface area contributed by atoms with Crippen molar-refractivity contribution in [2.75, 3.05) is 7.11 Å². The SMILES string of the molecule is COc1cccc(OCc2cc3cc(Cl)ccc3[nH]2)c1. The summed E-state index contributed by atoms with van der Waals surface area (Å²) in [5.41, 5.74) is 2.06. The molecule has 3 rings (SSSR count). The molecule has 4 heteroatoms. The van der Waals surface area contributed by atoms with E-state index in [9.17, 15) is 0 Å². The molecule has 0 amide bonds. The van der Waals surface area contributed by atoms with Crippen LogP contribution in [0.5, 0.6) is 11.5 Å². The van der Waals surface area contributed by atoms with Crippen molar-refractivity contribution in [2.45, 2.75) is 6.61 Å². The lowest BCUT2D eigenvalue weighted by atomic mass is 10.2. The smallest absolute Gasteiger partial charge is 0.128 e. The van der Waals surface area contributed by atoms with Crippen LogP contribution in [0.25, 0.3) is 10.9 Å². The Balaban J connectivity index is 1.76. The fourth-order valence-corrected chi connectivity index (χ4v) is 2.27. The zero-order valence-corrected chi connectivity index (χ0v) is 11.8. The summed E-state index contributed by atoms with van der Waals surface area (Å²) in [7, 11) is 1.64. The standard InChI is InChI=1S/C16H14ClNO2/c1-19-14-3-2-4-15(9-14)20-10-13-8-11-7-12(17)5-6-16(11)18-13/h2-9,18H,10H2,1H3. The number of ether oxygens (including phenoxy) is 2. The second-order valence-corrected chi connectivity index (χ2v) is 4.93. The molecule has 0 radical (unpaired) electrons. The molecular formula is C16H14ClNO2. The van der Waals surface area contributed by atoms with Crippen LogP contribution in [0.2, 0.25) is 5.02 Å². The molecule has 1 heterocycles. The molecular weight excluding hydrogens is 274 g/mol. The largest absolute Gasteiger partial charge is 0.497 e. The third-order valence-electron chi connectivity index (χ3n) is 3.07. The van der Waals surface area contributed by atoms with Gasteiger partial charge in [-0.2, -0.15) is 0 Å². The number of nitrogens with one attached hydrogen (secondary N) is 1. The maximum atomic E-state index is 5.98. The van der Waals surface area contributed by atoms with Crippen molar-refractivity contribution < 1.29 is 9.47 Å². The number of hydrogen-bond acceptors (Lipinski definition) is 2. The zero-order chi connectivity index (χ0) is 13.9. The Morgan fingerprint density at radius 1 is 1.05 bits per heavy atom. The van der Waals surface area contributed by atoms with Gasteiger partial charge in [-0.05, 0) is 36.4 Å². The van der Waals surface area contributed by atoms with E-state index in [0.717, 1.165) is 33.1 Å². The molecule has 0 aliphatic heterocycles. The number of halogens is 1. The van der Waals surface area contributed by atoms with E-state index in [4.69, 9.17) is 21.1 Å². The maximum Gasteiger partial charge on any atom is 0.128 e. The summed E-state index contributed by atoms with van der Waals surface area (Å²) >= 11 is 5.98. The molecule has 2 aromatic carbocycles. The summed E-state index contributed by atoms with van der Waals surface area (Å²) < 4.78 is 10.9. The molecule has 1 aromatic heterocycles. The Bertz CT molecular complexity index is 736. The van der Waals surface area contributed by atoms with E-state index in [1.165, 1.54) is 0 Å². The highest BCUT2D eigenvalue weighted by Gasteiger charge is 2.03. The van der Waals surface area contributed by atoms with Gasteiger partial charge in [0.05, 0.1) is 12.8 Å². The van der Waals surface area contributed by atoms with Crippen LogP contribution < -0.4 is 9.47 Å². The lowest BCUT2D eigenvalue weighted by molar-refractivity contribution is 0.300. The minimum absolute atomic E-state index is 0.472. The van der Waals surface area contributed by atoms with Crippen LogP contribution in [0.4, 0.5) is 0 Å². The first kappa shape index (κ1) is 12.9. The minimum atomic E-state index is 0.472. The number of methoxy groups -OCH3 is 1. The van der Waals surface area contributed by atoms with Gasteiger partial charge in [0.25, 0.3) is 0 Å². The first-order valence-corrected chi connectivity index (χ1v) is 6.66. The Labute approximate surface area is 122 Å². The maximum absolute atomic E-state index is 5.98. The van der Waals surface area contributed by atoms with Crippen molar-refractivity contribution in [3.8, 4) is 11.5 Å². The highest BCUT2D eigenvalue weighted by atomic mass is 35.5. The van der Waals surface area contributed by atoms with Crippen LogP contribution in [0.15, 0.2) is 48.5 Å². The van der Waals surface area contributed by atoms with Crippen molar-refractivity contribution in [3.63, 3.8) is 0 Å². The number of aromatic amines is 1. The number of aromatic nitrogens is 1. The molecule has 0 saturated carbocycles. The van der Waals surface area contributed by atoms with Crippen molar-refractivity contribution in [3.05, 3.63) is 59.2 Å². The Morgan fingerprint density at radius 3 is 2.75 bits per heavy atom. The summed E-state index contributed by atoms with van der Waals surface area (Å²) in [5.74, 6) is 1.56. The molecule has 3 aromatic rings. The van der Waals surface area contributed by atoms with Gasteiger partial charge in [0.15, 0.2) is 0 Å². The van der Waals surface area contributed by atoms with E-state index in [1.54, 1.807) is 7.11 Å². The first-order chi connectivity index (χ1) is 9.74. The summed E-state index contributed by atoms with van der Waals surface area (Å²) in [4.78, 5) is 3.31. The number of rotatable bonds is 4. The van der Waals surface area contributed by atoms with E-state index >= 15 is 0 Å². The fourth-order valence-electron chi connectivity index (χ4n) is 2.09. The Morgan fingerprint density at radius 2 is 1.90 bits per heavy atom. The normalized spacial score (nSPS) is 10.7. The molecule has 0 spiro atoms. The predicted molar refractivity (Wildman–Crippen MR) is 80.6 cm³/mol. The fraction of sp³-hybridized carbons (Fsp3) is 0.125. The highest BCUT2D eigenvalue weighted by Crippen LogP contribution is 2.22. The molecule has 0 aliphatic rings. The lowest BCUT2D eigenvalue weighted by Gasteiger charge is -2.06. The number of H-pyrrole nitrogens is 1. The highest BCUT2D eigenvalue weighted by molar-refractivity contribution is 6.31. The van der Waals surface area contributed by atoms with Gasteiger partial charge in [-0.15, -0.1) is 0 Å². The minimum Gasteiger partial charge on any atom is -0.497 e. The van der Waals surface area contributed by atoms with Crippen LogP contribution in [0, 0.1) is 0 Å². The van der Waals surface area contributed by atoms with Gasteiger partial charge in [-0.1, -0.05) is 17.7 Å². The molecule has 0 atom stereocenters. The number of benzene rings is 2. The van der Waals surface area contributed by atoms with Crippen LogP contribution in [-0.4, -0.2) is 12.1 Å². The van der Waals surface area contributed by atoms with Gasteiger partial charge in [0, 0.05) is 22.0 Å². The number of fused-ring (bicyclic) bond motifs is 1. The molecule has 0 fully saturated rings. The summed E-state index contributed by atoms with van der Waals surface area (Å²) in [6, 6.07) is 15.4. The summed E-state index contributed by atoms with van der Waals surface area (Å²) in [5, 5.41) is 1.82. The van der Waals surface area contributed by atoms with E-state index in [-0.39, 0.29) is 0 Å². The van der Waals surface area contributed by atoms with Gasteiger partial charge in [-0.25, -0.2) is 0 Å². The van der Waals surface area contributed by atoms with E-state index < -0.39 is 0 Å². The number of hydrogen-bond donors (Lipinski definition) is 1. The predicted octanol–water partition coefficient (Wildman–Crippen LogP) is 4.41. The second kappa shape index (κ2) is 5.47. The molecule has 1 N–H and O–H groups in total. The molecule has 20 heavy (non-hydrogen) atoms. The second-order valence-electron chi connectivity index (χ2n) is 4.49. The van der Waals surface area contributed by atoms with Crippen molar-refractivity contribution >= 4 is 22.5 Å². The van der Waals surface area contributed by atoms with Crippen LogP contribution >= 0.6 is 11.6 Å². The summed E-state index contributed by atoms with van der Waals surface area (Å²) in [6.45, 7) is 0.472. The molecule has 0 bridgehead atoms. The average molecular weight is 288 g/mol. The van der Waals surface area contributed by atoms with Crippen molar-refractivity contribution in [1.82, 2.24) is 4.98 Å². The monoisotopic (exact) mass is 287 g/mol. The zero-order valence-electron chi connectivity index (χ0n) is 11.0. The topological polar surface area (TPSA) is 34.2 Å². The molecule has 102 valence electrons. The van der Waals surface area contributed by atoms with Gasteiger partial charge >= 0.3 is 0 Å². The van der Waals surface area contributed by atoms with Gasteiger partial charge in [0.1, 0.15) is 18.1 Å². The van der Waals surface area contributed by atoms with Crippen molar-refractivity contribution in [2.24, 2.45) is 0 Å². The van der Waals surface area contributed by atoms with Crippen molar-refractivity contribution in [1.29, 1.82) is 0 Å².